The monoisotopic (exact) mass is 520 g/mol. The molecule has 196 valence electrons. The van der Waals surface area contributed by atoms with Gasteiger partial charge in [0.05, 0.1) is 16.6 Å². The number of hydrogen-bond donors (Lipinski definition) is 0. The third-order valence-corrected chi connectivity index (χ3v) is 9.24. The van der Waals surface area contributed by atoms with E-state index < -0.39 is 23.7 Å². The van der Waals surface area contributed by atoms with Crippen molar-refractivity contribution in [3.8, 4) is 22.3 Å². The van der Waals surface area contributed by atoms with Crippen molar-refractivity contribution >= 4 is 12.6 Å². The highest BCUT2D eigenvalue weighted by molar-refractivity contribution is 6.64. The quantitative estimate of drug-likeness (QED) is 0.219. The van der Waals surface area contributed by atoms with Crippen LogP contribution in [0.3, 0.4) is 0 Å². The van der Waals surface area contributed by atoms with Gasteiger partial charge in [0, 0.05) is 0 Å². The second-order valence-electron chi connectivity index (χ2n) is 11.9. The maximum absolute atomic E-state index is 6.56. The molecule has 0 bridgehead atoms. The minimum atomic E-state index is -0.443. The molecule has 0 aromatic heterocycles. The van der Waals surface area contributed by atoms with Crippen molar-refractivity contribution < 1.29 is 9.31 Å². The van der Waals surface area contributed by atoms with Crippen LogP contribution in [0.2, 0.25) is 0 Å². The van der Waals surface area contributed by atoms with Gasteiger partial charge in [-0.05, 0) is 77.7 Å². The number of fused-ring (bicyclic) bond motifs is 3. The molecule has 0 spiro atoms. The number of rotatable bonds is 4. The maximum Gasteiger partial charge on any atom is 0.495 e. The minimum absolute atomic E-state index is 0.411. The molecule has 1 saturated heterocycles. The van der Waals surface area contributed by atoms with Crippen molar-refractivity contribution in [2.24, 2.45) is 0 Å². The smallest absolute Gasteiger partial charge is 0.399 e. The standard InChI is InChI=1S/C37H33BO2/c1-35(2)36(3,4)40-38(39-35)33-25-14-12-20-28(33)29-22-15-24-32-34(29)30-21-11-13-23-31(30)37(32,26-16-7-5-8-17-26)27-18-9-6-10-19-27/h5-25H,1-4H3. The molecule has 5 aromatic carbocycles. The molecule has 0 atom stereocenters. The van der Waals surface area contributed by atoms with Crippen LogP contribution in [-0.2, 0) is 14.7 Å². The van der Waals surface area contributed by atoms with Crippen LogP contribution in [0.5, 0.6) is 0 Å². The van der Waals surface area contributed by atoms with E-state index in [1.165, 1.54) is 38.9 Å². The fourth-order valence-corrected chi connectivity index (χ4v) is 6.64. The van der Waals surface area contributed by atoms with Crippen LogP contribution < -0.4 is 5.46 Å². The zero-order chi connectivity index (χ0) is 27.5. The topological polar surface area (TPSA) is 18.5 Å². The van der Waals surface area contributed by atoms with Crippen LogP contribution >= 0.6 is 0 Å². The highest BCUT2D eigenvalue weighted by Crippen LogP contribution is 2.58. The van der Waals surface area contributed by atoms with Gasteiger partial charge in [-0.2, -0.15) is 0 Å². The van der Waals surface area contributed by atoms with Gasteiger partial charge >= 0.3 is 7.12 Å². The van der Waals surface area contributed by atoms with E-state index >= 15 is 0 Å². The van der Waals surface area contributed by atoms with Gasteiger partial charge in [-0.3, -0.25) is 0 Å². The molecule has 3 heteroatoms. The summed E-state index contributed by atoms with van der Waals surface area (Å²) in [6, 6.07) is 46.1. The van der Waals surface area contributed by atoms with E-state index in [1.807, 2.05) is 0 Å². The van der Waals surface area contributed by atoms with E-state index in [-0.39, 0.29) is 0 Å². The van der Waals surface area contributed by atoms with Gasteiger partial charge in [0.1, 0.15) is 0 Å². The molecule has 0 unspecified atom stereocenters. The molecule has 1 heterocycles. The van der Waals surface area contributed by atoms with E-state index in [0.717, 1.165) is 11.0 Å². The van der Waals surface area contributed by atoms with E-state index in [4.69, 9.17) is 9.31 Å². The van der Waals surface area contributed by atoms with Crippen molar-refractivity contribution in [3.05, 3.63) is 150 Å². The first-order valence-electron chi connectivity index (χ1n) is 14.1. The molecule has 5 aromatic rings. The molecule has 40 heavy (non-hydrogen) atoms. The fraction of sp³-hybridized carbons (Fsp3) is 0.189. The predicted molar refractivity (Wildman–Crippen MR) is 165 cm³/mol. The largest absolute Gasteiger partial charge is 0.495 e. The second-order valence-corrected chi connectivity index (χ2v) is 11.9. The lowest BCUT2D eigenvalue weighted by atomic mass is 9.67. The molecule has 0 radical (unpaired) electrons. The third kappa shape index (κ3) is 3.51. The highest BCUT2D eigenvalue weighted by atomic mass is 16.7. The van der Waals surface area contributed by atoms with Gasteiger partial charge in [-0.25, -0.2) is 0 Å². The molecule has 7 rings (SSSR count). The molecule has 1 aliphatic carbocycles. The summed E-state index contributed by atoms with van der Waals surface area (Å²) in [6.45, 7) is 8.45. The van der Waals surface area contributed by atoms with Crippen molar-refractivity contribution in [3.63, 3.8) is 0 Å². The summed E-state index contributed by atoms with van der Waals surface area (Å²) in [5.74, 6) is 0. The van der Waals surface area contributed by atoms with Crippen LogP contribution in [0.4, 0.5) is 0 Å². The summed E-state index contributed by atoms with van der Waals surface area (Å²) in [7, 11) is -0.443. The maximum atomic E-state index is 6.56. The second kappa shape index (κ2) is 9.06. The Morgan fingerprint density at radius 3 is 1.55 bits per heavy atom. The van der Waals surface area contributed by atoms with Gasteiger partial charge < -0.3 is 9.31 Å². The van der Waals surface area contributed by atoms with Crippen LogP contribution in [0.15, 0.2) is 127 Å². The summed E-state index contributed by atoms with van der Waals surface area (Å²) in [6.07, 6.45) is 0. The molecule has 1 aliphatic heterocycles. The van der Waals surface area contributed by atoms with Crippen LogP contribution in [0.25, 0.3) is 22.3 Å². The highest BCUT2D eigenvalue weighted by Gasteiger charge is 2.53. The Morgan fingerprint density at radius 1 is 0.450 bits per heavy atom. The van der Waals surface area contributed by atoms with Gasteiger partial charge in [0.25, 0.3) is 0 Å². The average Bonchev–Trinajstić information content (AvgIpc) is 3.41. The van der Waals surface area contributed by atoms with Crippen molar-refractivity contribution in [1.82, 2.24) is 0 Å². The Bertz CT molecular complexity index is 1650. The Balaban J connectivity index is 1.52. The minimum Gasteiger partial charge on any atom is -0.399 e. The molecule has 0 saturated carbocycles. The third-order valence-electron chi connectivity index (χ3n) is 9.24. The average molecular weight is 520 g/mol. The first-order chi connectivity index (χ1) is 19.3. The van der Waals surface area contributed by atoms with Gasteiger partial charge in [0.15, 0.2) is 0 Å². The Labute approximate surface area is 237 Å². The number of hydrogen-bond acceptors (Lipinski definition) is 2. The Hall–Kier alpha value is -3.92. The lowest BCUT2D eigenvalue weighted by molar-refractivity contribution is 0.00578. The summed E-state index contributed by atoms with van der Waals surface area (Å²) in [5, 5.41) is 0. The fourth-order valence-electron chi connectivity index (χ4n) is 6.64. The summed E-state index contributed by atoms with van der Waals surface area (Å²) in [4.78, 5) is 0. The Morgan fingerprint density at radius 2 is 0.925 bits per heavy atom. The van der Waals surface area contributed by atoms with Crippen molar-refractivity contribution in [2.75, 3.05) is 0 Å². The van der Waals surface area contributed by atoms with Crippen LogP contribution in [0, 0.1) is 0 Å². The molecule has 0 N–H and O–H groups in total. The molecule has 1 fully saturated rings. The molecule has 0 amide bonds. The zero-order valence-electron chi connectivity index (χ0n) is 23.5. The van der Waals surface area contributed by atoms with E-state index in [2.05, 4.69) is 155 Å². The summed E-state index contributed by atoms with van der Waals surface area (Å²) >= 11 is 0. The molecule has 2 aliphatic rings. The SMILES string of the molecule is CC1(C)OB(c2ccccc2-c2cccc3c2-c2ccccc2C3(c2ccccc2)c2ccccc2)OC1(C)C. The van der Waals surface area contributed by atoms with Gasteiger partial charge in [-0.15, -0.1) is 0 Å². The lowest BCUT2D eigenvalue weighted by Gasteiger charge is -2.34. The first kappa shape index (κ1) is 25.1. The lowest BCUT2D eigenvalue weighted by Crippen LogP contribution is -2.41. The number of benzene rings is 5. The first-order valence-corrected chi connectivity index (χ1v) is 14.1. The van der Waals surface area contributed by atoms with E-state index in [1.54, 1.807) is 0 Å². The summed E-state index contributed by atoms with van der Waals surface area (Å²) in [5.41, 5.74) is 9.83. The molecule has 2 nitrogen and oxygen atoms in total. The molecular formula is C37H33BO2. The Kier molecular flexibility index (Phi) is 5.68. The van der Waals surface area contributed by atoms with Gasteiger partial charge in [0.2, 0.25) is 0 Å². The predicted octanol–water partition coefficient (Wildman–Crippen LogP) is 8.02. The van der Waals surface area contributed by atoms with Crippen LogP contribution in [0.1, 0.15) is 49.9 Å². The van der Waals surface area contributed by atoms with Gasteiger partial charge in [-0.1, -0.05) is 127 Å². The van der Waals surface area contributed by atoms with Crippen molar-refractivity contribution in [2.45, 2.75) is 44.3 Å². The molecular weight excluding hydrogens is 487 g/mol. The van der Waals surface area contributed by atoms with E-state index in [0.29, 0.717) is 0 Å². The summed E-state index contributed by atoms with van der Waals surface area (Å²) < 4.78 is 13.1. The normalized spacial score (nSPS) is 17.9. The van der Waals surface area contributed by atoms with Crippen molar-refractivity contribution in [1.29, 1.82) is 0 Å². The van der Waals surface area contributed by atoms with E-state index in [9.17, 15) is 0 Å². The zero-order valence-corrected chi connectivity index (χ0v) is 23.5. The van der Waals surface area contributed by atoms with Crippen LogP contribution in [-0.4, -0.2) is 18.3 Å².